The number of alkyl halides is 4. The fourth-order valence-electron chi connectivity index (χ4n) is 1.79. The molecule has 0 amide bonds. The zero-order valence-electron chi connectivity index (χ0n) is 10.2. The first-order valence-corrected chi connectivity index (χ1v) is 5.74. The number of Topliss-reactive ketones (excluding diaryl/α,β-unsaturated/α-hetero) is 1. The molecule has 0 aromatic heterocycles. The molecule has 0 aliphatic heterocycles. The Morgan fingerprint density at radius 2 is 1.85 bits per heavy atom. The number of ether oxygens (including phenoxy) is 1. The van der Waals surface area contributed by atoms with E-state index in [1.807, 2.05) is 0 Å². The molecule has 0 saturated heterocycles. The molecule has 0 radical (unpaired) electrons. The van der Waals surface area contributed by atoms with Gasteiger partial charge in [0.15, 0.2) is 5.78 Å². The van der Waals surface area contributed by atoms with E-state index in [1.165, 1.54) is 0 Å². The zero-order chi connectivity index (χ0) is 14.8. The summed E-state index contributed by atoms with van der Waals surface area (Å²) in [6.45, 7) is 0. The van der Waals surface area contributed by atoms with Crippen LogP contribution in [-0.2, 0) is 4.74 Å². The summed E-state index contributed by atoms with van der Waals surface area (Å²) in [4.78, 5) is 12.0. The number of carbonyl (C=O) groups excluding carboxylic acids is 1. The molecule has 0 fully saturated rings. The van der Waals surface area contributed by atoms with Crippen LogP contribution in [0.15, 0.2) is 54.1 Å². The lowest BCUT2D eigenvalue weighted by Gasteiger charge is -2.24. The van der Waals surface area contributed by atoms with Crippen LogP contribution in [0.25, 0.3) is 0 Å². The van der Waals surface area contributed by atoms with Gasteiger partial charge in [0.25, 0.3) is 0 Å². The molecule has 106 valence electrons. The van der Waals surface area contributed by atoms with Crippen molar-refractivity contribution in [2.75, 3.05) is 0 Å². The number of ketones is 1. The molecule has 20 heavy (non-hydrogen) atoms. The van der Waals surface area contributed by atoms with Gasteiger partial charge in [0.1, 0.15) is 0 Å². The minimum atomic E-state index is -5.08. The van der Waals surface area contributed by atoms with Gasteiger partial charge in [0, 0.05) is 17.6 Å². The lowest BCUT2D eigenvalue weighted by atomic mass is 9.96. The van der Waals surface area contributed by atoms with Gasteiger partial charge in [-0.3, -0.25) is 9.53 Å². The molecule has 1 aromatic rings. The average molecular weight is 286 g/mol. The SMILES string of the molecule is O=C(C1=CCC(F)(OC(F)(F)F)C=C1)c1ccccc1. The Labute approximate surface area is 112 Å². The Hall–Kier alpha value is -1.95. The quantitative estimate of drug-likeness (QED) is 0.621. The maximum absolute atomic E-state index is 13.7. The van der Waals surface area contributed by atoms with Gasteiger partial charge >= 0.3 is 6.36 Å². The normalized spacial score (nSPS) is 22.5. The number of halogens is 4. The van der Waals surface area contributed by atoms with Crippen molar-refractivity contribution in [3.05, 3.63) is 59.7 Å². The van der Waals surface area contributed by atoms with Crippen molar-refractivity contribution < 1.29 is 27.1 Å². The van der Waals surface area contributed by atoms with Crippen LogP contribution < -0.4 is 0 Å². The van der Waals surface area contributed by atoms with E-state index in [4.69, 9.17) is 0 Å². The topological polar surface area (TPSA) is 26.3 Å². The number of hydrogen-bond donors (Lipinski definition) is 0. The van der Waals surface area contributed by atoms with E-state index in [2.05, 4.69) is 4.74 Å². The number of hydrogen-bond acceptors (Lipinski definition) is 2. The maximum atomic E-state index is 13.7. The van der Waals surface area contributed by atoms with Crippen LogP contribution in [0.5, 0.6) is 0 Å². The lowest BCUT2D eigenvalue weighted by molar-refractivity contribution is -0.380. The fourth-order valence-corrected chi connectivity index (χ4v) is 1.79. The van der Waals surface area contributed by atoms with E-state index in [0.29, 0.717) is 11.6 Å². The number of benzene rings is 1. The molecule has 1 aromatic carbocycles. The highest BCUT2D eigenvalue weighted by atomic mass is 19.4. The van der Waals surface area contributed by atoms with E-state index >= 15 is 0 Å². The third-order valence-electron chi connectivity index (χ3n) is 2.70. The van der Waals surface area contributed by atoms with Crippen LogP contribution in [0, 0.1) is 0 Å². The van der Waals surface area contributed by atoms with Crippen molar-refractivity contribution in [2.45, 2.75) is 18.6 Å². The third kappa shape index (κ3) is 3.54. The van der Waals surface area contributed by atoms with Crippen LogP contribution in [0.2, 0.25) is 0 Å². The second-order valence-corrected chi connectivity index (χ2v) is 4.23. The predicted molar refractivity (Wildman–Crippen MR) is 63.6 cm³/mol. The van der Waals surface area contributed by atoms with Gasteiger partial charge in [-0.2, -0.15) is 0 Å². The smallest absolute Gasteiger partial charge is 0.289 e. The molecule has 2 rings (SSSR count). The summed E-state index contributed by atoms with van der Waals surface area (Å²) in [6.07, 6.45) is -3.03. The molecule has 2 nitrogen and oxygen atoms in total. The van der Waals surface area contributed by atoms with Crippen molar-refractivity contribution in [3.63, 3.8) is 0 Å². The number of rotatable bonds is 3. The summed E-state index contributed by atoms with van der Waals surface area (Å²) in [6, 6.07) is 8.19. The van der Waals surface area contributed by atoms with E-state index in [-0.39, 0.29) is 11.4 Å². The average Bonchev–Trinajstić information content (AvgIpc) is 2.37. The molecular weight excluding hydrogens is 276 g/mol. The highest BCUT2D eigenvalue weighted by Gasteiger charge is 2.43. The molecule has 0 bridgehead atoms. The van der Waals surface area contributed by atoms with E-state index < -0.39 is 18.6 Å². The van der Waals surface area contributed by atoms with Gasteiger partial charge in [-0.1, -0.05) is 36.4 Å². The number of allylic oxidation sites excluding steroid dienone is 2. The minimum Gasteiger partial charge on any atom is -0.289 e. The minimum absolute atomic E-state index is 0.134. The van der Waals surface area contributed by atoms with Gasteiger partial charge < -0.3 is 0 Å². The van der Waals surface area contributed by atoms with E-state index in [0.717, 1.165) is 12.2 Å². The Bertz CT molecular complexity index is 560. The van der Waals surface area contributed by atoms with Gasteiger partial charge in [-0.05, 0) is 12.2 Å². The van der Waals surface area contributed by atoms with Crippen molar-refractivity contribution >= 4 is 5.78 Å². The molecule has 6 heteroatoms. The maximum Gasteiger partial charge on any atom is 0.525 e. The Kier molecular flexibility index (Phi) is 3.76. The molecule has 1 atom stereocenters. The molecule has 0 spiro atoms. The first-order valence-electron chi connectivity index (χ1n) is 5.74. The van der Waals surface area contributed by atoms with Crippen LogP contribution in [-0.4, -0.2) is 18.0 Å². The molecule has 0 N–H and O–H groups in total. The predicted octanol–water partition coefficient (Wildman–Crippen LogP) is 3.96. The van der Waals surface area contributed by atoms with E-state index in [9.17, 15) is 22.4 Å². The van der Waals surface area contributed by atoms with Gasteiger partial charge in [-0.15, -0.1) is 13.2 Å². The summed E-state index contributed by atoms with van der Waals surface area (Å²) >= 11 is 0. The van der Waals surface area contributed by atoms with Gasteiger partial charge in [0.2, 0.25) is 5.85 Å². The second-order valence-electron chi connectivity index (χ2n) is 4.23. The summed E-state index contributed by atoms with van der Waals surface area (Å²) in [5, 5.41) is 0. The van der Waals surface area contributed by atoms with Crippen molar-refractivity contribution in [1.29, 1.82) is 0 Å². The van der Waals surface area contributed by atoms with Crippen LogP contribution in [0.1, 0.15) is 16.8 Å². The highest BCUT2D eigenvalue weighted by Crippen LogP contribution is 2.34. The Morgan fingerprint density at radius 1 is 1.20 bits per heavy atom. The first kappa shape index (κ1) is 14.5. The Morgan fingerprint density at radius 3 is 2.35 bits per heavy atom. The molecular formula is C14H10F4O2. The first-order chi connectivity index (χ1) is 9.29. The van der Waals surface area contributed by atoms with Crippen molar-refractivity contribution in [1.82, 2.24) is 0 Å². The molecule has 0 heterocycles. The standard InChI is InChI=1S/C14H10F4O2/c15-13(20-14(16,17)18)8-6-11(7-9-13)12(19)10-4-2-1-3-5-10/h1-8H,9H2. The fraction of sp³-hybridized carbons (Fsp3) is 0.214. The number of carbonyl (C=O) groups is 1. The van der Waals surface area contributed by atoms with Crippen LogP contribution in [0.3, 0.4) is 0 Å². The van der Waals surface area contributed by atoms with Gasteiger partial charge in [-0.25, -0.2) is 4.39 Å². The molecule has 0 saturated carbocycles. The monoisotopic (exact) mass is 286 g/mol. The molecule has 1 aliphatic carbocycles. The Balaban J connectivity index is 2.11. The second kappa shape index (κ2) is 5.20. The molecule has 1 unspecified atom stereocenters. The summed E-state index contributed by atoms with van der Waals surface area (Å²) in [5.41, 5.74) is 0.516. The summed E-state index contributed by atoms with van der Waals surface area (Å²) in [7, 11) is 0. The largest absolute Gasteiger partial charge is 0.525 e. The van der Waals surface area contributed by atoms with Crippen LogP contribution >= 0.6 is 0 Å². The van der Waals surface area contributed by atoms with Crippen LogP contribution in [0.4, 0.5) is 17.6 Å². The summed E-state index contributed by atoms with van der Waals surface area (Å²) < 4.78 is 53.2. The van der Waals surface area contributed by atoms with E-state index in [1.54, 1.807) is 30.3 Å². The molecule has 1 aliphatic rings. The lowest BCUT2D eigenvalue weighted by Crippen LogP contribution is -2.33. The zero-order valence-corrected chi connectivity index (χ0v) is 10.2. The summed E-state index contributed by atoms with van der Waals surface area (Å²) in [5.74, 6) is -3.34. The highest BCUT2D eigenvalue weighted by molar-refractivity contribution is 6.10. The van der Waals surface area contributed by atoms with Gasteiger partial charge in [0.05, 0.1) is 0 Å². The third-order valence-corrected chi connectivity index (χ3v) is 2.70. The van der Waals surface area contributed by atoms with Crippen molar-refractivity contribution in [2.24, 2.45) is 0 Å². The van der Waals surface area contributed by atoms with Crippen molar-refractivity contribution in [3.8, 4) is 0 Å².